The van der Waals surface area contributed by atoms with Crippen molar-refractivity contribution < 1.29 is 44.6 Å². The van der Waals surface area contributed by atoms with Crippen molar-refractivity contribution in [1.82, 2.24) is 0 Å². The van der Waals surface area contributed by atoms with E-state index in [2.05, 4.69) is 0 Å². The first kappa shape index (κ1) is 20.8. The van der Waals surface area contributed by atoms with Gasteiger partial charge in [-0.05, 0) is 24.3 Å². The van der Waals surface area contributed by atoms with E-state index in [-0.39, 0.29) is 17.1 Å². The number of ether oxygens (including phenoxy) is 1. The molecule has 0 spiro atoms. The van der Waals surface area contributed by atoms with Crippen molar-refractivity contribution in [3.05, 3.63) is 52.2 Å². The number of hydrogen-bond acceptors (Lipinski definition) is 10. The third-order valence-corrected chi connectivity index (χ3v) is 5.15. The third-order valence-electron chi connectivity index (χ3n) is 5.15. The Morgan fingerprint density at radius 3 is 2.32 bits per heavy atom. The van der Waals surface area contributed by atoms with Gasteiger partial charge in [0, 0.05) is 23.3 Å². The van der Waals surface area contributed by atoms with Crippen molar-refractivity contribution >= 4 is 16.8 Å². The van der Waals surface area contributed by atoms with Crippen molar-refractivity contribution in [3.8, 4) is 28.6 Å². The molecule has 1 aliphatic rings. The molecule has 0 unspecified atom stereocenters. The van der Waals surface area contributed by atoms with E-state index in [1.165, 1.54) is 24.3 Å². The number of aromatic hydroxyl groups is 2. The van der Waals surface area contributed by atoms with E-state index in [1.807, 2.05) is 0 Å². The first-order valence-corrected chi connectivity index (χ1v) is 9.19. The molecular formula is C21H17O10-. The molecule has 10 nitrogen and oxygen atoms in total. The van der Waals surface area contributed by atoms with Crippen molar-refractivity contribution in [2.45, 2.75) is 24.4 Å². The Kier molecular flexibility index (Phi) is 5.15. The molecule has 5 N–H and O–H groups in total. The molecule has 3 aromatic rings. The number of fused-ring (bicyclic) bond motifs is 1. The number of hydrogen-bond donors (Lipinski definition) is 5. The molecule has 0 aliphatic carbocycles. The third kappa shape index (κ3) is 3.41. The minimum Gasteiger partial charge on any atom is -0.872 e. The summed E-state index contributed by atoms with van der Waals surface area (Å²) in [5.41, 5.74) is -1.12. The molecule has 2 heterocycles. The minimum atomic E-state index is -2.00. The number of carbonyl (C=O) groups is 1. The van der Waals surface area contributed by atoms with Gasteiger partial charge in [0.15, 0.2) is 11.2 Å². The van der Waals surface area contributed by atoms with Crippen LogP contribution in [0.3, 0.4) is 0 Å². The smallest absolute Gasteiger partial charge is 0.195 e. The van der Waals surface area contributed by atoms with E-state index in [0.717, 1.165) is 12.1 Å². The van der Waals surface area contributed by atoms with Crippen molar-refractivity contribution in [1.29, 1.82) is 0 Å². The highest BCUT2D eigenvalue weighted by Gasteiger charge is 2.45. The largest absolute Gasteiger partial charge is 0.872 e. The van der Waals surface area contributed by atoms with E-state index in [0.29, 0.717) is 5.56 Å². The molecular weight excluding hydrogens is 412 g/mol. The van der Waals surface area contributed by atoms with E-state index in [4.69, 9.17) is 9.15 Å². The molecule has 1 saturated heterocycles. The predicted molar refractivity (Wildman–Crippen MR) is 102 cm³/mol. The first-order chi connectivity index (χ1) is 14.7. The highest BCUT2D eigenvalue weighted by Crippen LogP contribution is 2.42. The molecule has 10 heteroatoms. The van der Waals surface area contributed by atoms with E-state index < -0.39 is 64.7 Å². The molecule has 1 aromatic heterocycles. The van der Waals surface area contributed by atoms with Crippen molar-refractivity contribution in [3.63, 3.8) is 0 Å². The average molecular weight is 429 g/mol. The summed E-state index contributed by atoms with van der Waals surface area (Å²) in [4.78, 5) is 24.8. The monoisotopic (exact) mass is 429 g/mol. The Hall–Kier alpha value is -3.44. The topological polar surface area (TPSA) is 181 Å². The number of benzene rings is 2. The van der Waals surface area contributed by atoms with Gasteiger partial charge in [0.1, 0.15) is 47.3 Å². The summed E-state index contributed by atoms with van der Waals surface area (Å²) in [5, 5.41) is 61.7. The zero-order valence-electron chi connectivity index (χ0n) is 15.8. The Morgan fingerprint density at radius 2 is 1.68 bits per heavy atom. The fourth-order valence-corrected chi connectivity index (χ4v) is 3.55. The molecule has 0 amide bonds. The normalized spacial score (nSPS) is 23.9. The van der Waals surface area contributed by atoms with Crippen LogP contribution >= 0.6 is 0 Å². The van der Waals surface area contributed by atoms with Gasteiger partial charge < -0.3 is 39.8 Å². The van der Waals surface area contributed by atoms with Gasteiger partial charge in [0.25, 0.3) is 0 Å². The standard InChI is InChI=1S/C21H18O10/c22-7-14-17(26)19(28)20(29)21(31-14)16-11(25)6-13-15(18(16)27)10(24)5-12(30-13)8-1-3-9(23)4-2-8/h1-6,14,17,20-23,25-27,29H,7H2/p-1/t14-,17-,20-,21+/m1/s1. The van der Waals surface area contributed by atoms with Gasteiger partial charge in [0.05, 0.1) is 12.0 Å². The maximum atomic E-state index is 13.0. The summed E-state index contributed by atoms with van der Waals surface area (Å²) in [6.45, 7) is -0.781. The highest BCUT2D eigenvalue weighted by atomic mass is 16.5. The summed E-state index contributed by atoms with van der Waals surface area (Å²) in [7, 11) is 0. The Morgan fingerprint density at radius 1 is 1.00 bits per heavy atom. The summed E-state index contributed by atoms with van der Waals surface area (Å²) >= 11 is 0. The molecule has 4 atom stereocenters. The number of carbonyl (C=O) groups excluding carboxylic acids is 1. The summed E-state index contributed by atoms with van der Waals surface area (Å²) < 4.78 is 10.9. The lowest BCUT2D eigenvalue weighted by atomic mass is 9.91. The maximum Gasteiger partial charge on any atom is 0.195 e. The number of phenolic OH excluding ortho intramolecular Hbond substituents is 2. The molecule has 2 aromatic carbocycles. The number of aliphatic hydroxyl groups excluding tert-OH is 3. The van der Waals surface area contributed by atoms with Crippen LogP contribution in [0, 0.1) is 0 Å². The number of phenols is 2. The lowest BCUT2D eigenvalue weighted by Gasteiger charge is -2.37. The molecule has 31 heavy (non-hydrogen) atoms. The van der Waals surface area contributed by atoms with Crippen LogP contribution in [0.1, 0.15) is 11.7 Å². The van der Waals surface area contributed by atoms with Gasteiger partial charge in [-0.1, -0.05) is 5.75 Å². The fourth-order valence-electron chi connectivity index (χ4n) is 3.55. The molecule has 162 valence electrons. The van der Waals surface area contributed by atoms with Crippen LogP contribution in [0.25, 0.3) is 22.3 Å². The van der Waals surface area contributed by atoms with E-state index in [1.54, 1.807) is 0 Å². The van der Waals surface area contributed by atoms with Crippen LogP contribution < -0.4 is 10.5 Å². The average Bonchev–Trinajstić information content (AvgIpc) is 2.73. The van der Waals surface area contributed by atoms with E-state index in [9.17, 15) is 40.2 Å². The molecule has 1 aliphatic heterocycles. The highest BCUT2D eigenvalue weighted by molar-refractivity contribution is 5.91. The van der Waals surface area contributed by atoms with Crippen LogP contribution in [0.5, 0.6) is 17.2 Å². The van der Waals surface area contributed by atoms with E-state index >= 15 is 0 Å². The molecule has 1 fully saturated rings. The lowest BCUT2D eigenvalue weighted by Crippen LogP contribution is -2.52. The van der Waals surface area contributed by atoms with Crippen LogP contribution in [0.4, 0.5) is 0 Å². The second kappa shape index (κ2) is 7.67. The quantitative estimate of drug-likeness (QED) is 0.370. The maximum absolute atomic E-state index is 13.0. The van der Waals surface area contributed by atoms with Gasteiger partial charge in [-0.3, -0.25) is 9.59 Å². The van der Waals surface area contributed by atoms with Gasteiger partial charge in [-0.25, -0.2) is 0 Å². The van der Waals surface area contributed by atoms with Crippen LogP contribution in [0.2, 0.25) is 0 Å². The SMILES string of the molecule is O=C1[C@@H](O)[C@H](c2c(O)cc3oc(-c4ccc(O)cc4)cc(=O)c3c2[O-])O[C@H](CO)[C@H]1O. The number of ketones is 1. The van der Waals surface area contributed by atoms with Gasteiger partial charge >= 0.3 is 0 Å². The zero-order valence-corrected chi connectivity index (χ0v) is 15.8. The van der Waals surface area contributed by atoms with Crippen molar-refractivity contribution in [2.24, 2.45) is 0 Å². The summed E-state index contributed by atoms with van der Waals surface area (Å²) in [6.07, 6.45) is -6.95. The molecule has 0 saturated carbocycles. The fraction of sp³-hybridized carbons (Fsp3) is 0.238. The molecule has 0 bridgehead atoms. The summed E-state index contributed by atoms with van der Waals surface area (Å²) in [5.74, 6) is -2.73. The van der Waals surface area contributed by atoms with Gasteiger partial charge in [-0.15, -0.1) is 0 Å². The van der Waals surface area contributed by atoms with Crippen LogP contribution in [-0.4, -0.2) is 56.2 Å². The molecule has 0 radical (unpaired) electrons. The zero-order chi connectivity index (χ0) is 22.4. The first-order valence-electron chi connectivity index (χ1n) is 9.19. The minimum absolute atomic E-state index is 0.00269. The number of rotatable bonds is 3. The van der Waals surface area contributed by atoms with Crippen LogP contribution in [0.15, 0.2) is 45.6 Å². The second-order valence-corrected chi connectivity index (χ2v) is 7.10. The van der Waals surface area contributed by atoms with Crippen LogP contribution in [-0.2, 0) is 9.53 Å². The Bertz CT molecular complexity index is 1210. The predicted octanol–water partition coefficient (Wildman–Crippen LogP) is -0.332. The lowest BCUT2D eigenvalue weighted by molar-refractivity contribution is -0.270. The van der Waals surface area contributed by atoms with Gasteiger partial charge in [-0.2, -0.15) is 0 Å². The Labute approximate surface area is 173 Å². The number of aliphatic hydroxyl groups is 3. The van der Waals surface area contributed by atoms with Gasteiger partial charge in [0.2, 0.25) is 0 Å². The van der Waals surface area contributed by atoms with Crippen molar-refractivity contribution in [2.75, 3.05) is 6.61 Å². The number of Topliss-reactive ketones (excluding diaryl/α,β-unsaturated/α-hetero) is 1. The molecule has 4 rings (SSSR count). The Balaban J connectivity index is 1.86. The summed E-state index contributed by atoms with van der Waals surface area (Å²) in [6, 6.07) is 7.78. The second-order valence-electron chi connectivity index (χ2n) is 7.10.